The Hall–Kier alpha value is -2.37. The van der Waals surface area contributed by atoms with Crippen LogP contribution in [0.2, 0.25) is 0 Å². The Labute approximate surface area is 122 Å². The molecule has 3 amide bonds. The fourth-order valence-electron chi connectivity index (χ4n) is 2.74. The molecule has 6 heteroatoms. The van der Waals surface area contributed by atoms with E-state index in [1.807, 2.05) is 18.2 Å². The second-order valence-electron chi connectivity index (χ2n) is 5.36. The molecule has 0 aromatic heterocycles. The average molecular weight is 287 g/mol. The predicted molar refractivity (Wildman–Crippen MR) is 77.8 cm³/mol. The third-order valence-electron chi connectivity index (χ3n) is 3.87. The topological polar surface area (TPSA) is 78.5 Å². The van der Waals surface area contributed by atoms with Crippen molar-refractivity contribution in [1.82, 2.24) is 5.32 Å². The van der Waals surface area contributed by atoms with Gasteiger partial charge in [0.2, 0.25) is 17.7 Å². The van der Waals surface area contributed by atoms with E-state index < -0.39 is 0 Å². The van der Waals surface area contributed by atoms with Crippen molar-refractivity contribution in [2.24, 2.45) is 5.92 Å². The molecule has 1 aromatic carbocycles. The number of anilines is 2. The van der Waals surface area contributed by atoms with Crippen LogP contribution in [0.5, 0.6) is 0 Å². The zero-order valence-electron chi connectivity index (χ0n) is 11.6. The number of hydrogen-bond acceptors (Lipinski definition) is 3. The van der Waals surface area contributed by atoms with E-state index in [4.69, 9.17) is 0 Å². The monoisotopic (exact) mass is 287 g/mol. The standard InChI is InChI=1S/C15H17N3O3/c19-13-8-10(9-16-13)15(21)17-11-4-1-2-5-12(11)18-7-3-6-14(18)20/h1-2,4-5,10H,3,6-9H2,(H,16,19)(H,17,21). The highest BCUT2D eigenvalue weighted by Gasteiger charge is 2.29. The van der Waals surface area contributed by atoms with Gasteiger partial charge in [0.25, 0.3) is 0 Å². The van der Waals surface area contributed by atoms with Crippen LogP contribution in [-0.4, -0.2) is 30.8 Å². The van der Waals surface area contributed by atoms with Gasteiger partial charge in [-0.1, -0.05) is 12.1 Å². The highest BCUT2D eigenvalue weighted by Crippen LogP contribution is 2.29. The Bertz CT molecular complexity index is 600. The number of carbonyl (C=O) groups is 3. The largest absolute Gasteiger partial charge is 0.355 e. The molecule has 0 bridgehead atoms. The summed E-state index contributed by atoms with van der Waals surface area (Å²) in [5.41, 5.74) is 1.35. The summed E-state index contributed by atoms with van der Waals surface area (Å²) in [4.78, 5) is 37.0. The van der Waals surface area contributed by atoms with Crippen molar-refractivity contribution in [3.05, 3.63) is 24.3 Å². The van der Waals surface area contributed by atoms with Gasteiger partial charge in [-0.2, -0.15) is 0 Å². The Morgan fingerprint density at radius 2 is 2.10 bits per heavy atom. The molecule has 2 heterocycles. The number of nitrogens with zero attached hydrogens (tertiary/aromatic N) is 1. The fourth-order valence-corrected chi connectivity index (χ4v) is 2.74. The lowest BCUT2D eigenvalue weighted by Crippen LogP contribution is -2.28. The molecule has 2 N–H and O–H groups in total. The zero-order chi connectivity index (χ0) is 14.8. The maximum absolute atomic E-state index is 12.2. The molecule has 2 saturated heterocycles. The van der Waals surface area contributed by atoms with E-state index in [1.165, 1.54) is 0 Å². The van der Waals surface area contributed by atoms with Gasteiger partial charge < -0.3 is 15.5 Å². The summed E-state index contributed by atoms with van der Waals surface area (Å²) in [6, 6.07) is 7.27. The smallest absolute Gasteiger partial charge is 0.229 e. The van der Waals surface area contributed by atoms with Crippen molar-refractivity contribution in [3.63, 3.8) is 0 Å². The lowest BCUT2D eigenvalue weighted by molar-refractivity contribution is -0.123. The van der Waals surface area contributed by atoms with E-state index in [1.54, 1.807) is 11.0 Å². The third kappa shape index (κ3) is 2.74. The van der Waals surface area contributed by atoms with Crippen molar-refractivity contribution in [2.45, 2.75) is 19.3 Å². The van der Waals surface area contributed by atoms with Gasteiger partial charge in [-0.15, -0.1) is 0 Å². The molecule has 2 fully saturated rings. The van der Waals surface area contributed by atoms with Crippen LogP contribution in [0.1, 0.15) is 19.3 Å². The predicted octanol–water partition coefficient (Wildman–Crippen LogP) is 0.888. The van der Waals surface area contributed by atoms with Crippen molar-refractivity contribution < 1.29 is 14.4 Å². The van der Waals surface area contributed by atoms with E-state index in [9.17, 15) is 14.4 Å². The molecular formula is C15H17N3O3. The van der Waals surface area contributed by atoms with Gasteiger partial charge in [0.1, 0.15) is 0 Å². The molecule has 0 spiro atoms. The van der Waals surface area contributed by atoms with E-state index in [0.717, 1.165) is 12.1 Å². The zero-order valence-corrected chi connectivity index (χ0v) is 11.6. The minimum absolute atomic E-state index is 0.0782. The van der Waals surface area contributed by atoms with Gasteiger partial charge in [0, 0.05) is 25.9 Å². The van der Waals surface area contributed by atoms with Crippen molar-refractivity contribution >= 4 is 29.1 Å². The van der Waals surface area contributed by atoms with Gasteiger partial charge >= 0.3 is 0 Å². The lowest BCUT2D eigenvalue weighted by atomic mass is 10.1. The van der Waals surface area contributed by atoms with E-state index in [2.05, 4.69) is 10.6 Å². The molecule has 0 saturated carbocycles. The Kier molecular flexibility index (Phi) is 3.60. The van der Waals surface area contributed by atoms with Crippen LogP contribution in [0, 0.1) is 5.92 Å². The van der Waals surface area contributed by atoms with Crippen molar-refractivity contribution in [2.75, 3.05) is 23.3 Å². The Morgan fingerprint density at radius 1 is 1.29 bits per heavy atom. The molecule has 1 atom stereocenters. The number of amides is 3. The van der Waals surface area contributed by atoms with Gasteiger partial charge in [0.15, 0.2) is 0 Å². The summed E-state index contributed by atoms with van der Waals surface area (Å²) in [5.74, 6) is -0.556. The minimum Gasteiger partial charge on any atom is -0.355 e. The molecule has 2 aliphatic heterocycles. The van der Waals surface area contributed by atoms with Gasteiger partial charge in [-0.3, -0.25) is 14.4 Å². The molecule has 0 aliphatic carbocycles. The molecule has 110 valence electrons. The summed E-state index contributed by atoms with van der Waals surface area (Å²) in [6.07, 6.45) is 1.60. The van der Waals surface area contributed by atoms with Crippen LogP contribution in [0.4, 0.5) is 11.4 Å². The molecular weight excluding hydrogens is 270 g/mol. The first-order valence-corrected chi connectivity index (χ1v) is 7.12. The average Bonchev–Trinajstić information content (AvgIpc) is 3.08. The van der Waals surface area contributed by atoms with E-state index in [-0.39, 0.29) is 30.1 Å². The SMILES string of the molecule is O=C1CC(C(=O)Nc2ccccc2N2CCCC2=O)CN1. The highest BCUT2D eigenvalue weighted by molar-refractivity contribution is 6.03. The number of carbonyl (C=O) groups excluding carboxylic acids is 3. The number of benzene rings is 1. The third-order valence-corrected chi connectivity index (χ3v) is 3.87. The van der Waals surface area contributed by atoms with Crippen molar-refractivity contribution in [1.29, 1.82) is 0 Å². The second-order valence-corrected chi connectivity index (χ2v) is 5.36. The highest BCUT2D eigenvalue weighted by atomic mass is 16.2. The van der Waals surface area contributed by atoms with Crippen LogP contribution in [0.3, 0.4) is 0 Å². The van der Waals surface area contributed by atoms with Crippen LogP contribution in [-0.2, 0) is 14.4 Å². The van der Waals surface area contributed by atoms with Crippen molar-refractivity contribution in [3.8, 4) is 0 Å². The molecule has 0 radical (unpaired) electrons. The lowest BCUT2D eigenvalue weighted by Gasteiger charge is -2.20. The first-order valence-electron chi connectivity index (χ1n) is 7.12. The summed E-state index contributed by atoms with van der Waals surface area (Å²) in [6.45, 7) is 1.05. The Morgan fingerprint density at radius 3 is 2.76 bits per heavy atom. The number of hydrogen-bond donors (Lipinski definition) is 2. The summed E-state index contributed by atoms with van der Waals surface area (Å²) >= 11 is 0. The molecule has 1 aromatic rings. The number of nitrogens with one attached hydrogen (secondary N) is 2. The molecule has 2 aliphatic rings. The molecule has 6 nitrogen and oxygen atoms in total. The first-order chi connectivity index (χ1) is 10.1. The Balaban J connectivity index is 1.77. The number of rotatable bonds is 3. The maximum Gasteiger partial charge on any atom is 0.229 e. The van der Waals surface area contributed by atoms with Gasteiger partial charge in [0.05, 0.1) is 17.3 Å². The summed E-state index contributed by atoms with van der Waals surface area (Å²) in [7, 11) is 0. The normalized spacial score (nSPS) is 21.5. The second kappa shape index (κ2) is 5.55. The minimum atomic E-state index is -0.347. The van der Waals surface area contributed by atoms with Crippen LogP contribution < -0.4 is 15.5 Å². The molecule has 3 rings (SSSR count). The fraction of sp³-hybridized carbons (Fsp3) is 0.400. The molecule has 21 heavy (non-hydrogen) atoms. The van der Waals surface area contributed by atoms with Crippen LogP contribution >= 0.6 is 0 Å². The summed E-state index contributed by atoms with van der Waals surface area (Å²) < 4.78 is 0. The first kappa shape index (κ1) is 13.6. The summed E-state index contributed by atoms with van der Waals surface area (Å²) in [5, 5.41) is 5.49. The van der Waals surface area contributed by atoms with E-state index in [0.29, 0.717) is 25.2 Å². The van der Waals surface area contributed by atoms with Crippen LogP contribution in [0.25, 0.3) is 0 Å². The quantitative estimate of drug-likeness (QED) is 0.866. The maximum atomic E-state index is 12.2. The number of para-hydroxylation sites is 2. The van der Waals surface area contributed by atoms with Crippen LogP contribution in [0.15, 0.2) is 24.3 Å². The van der Waals surface area contributed by atoms with Gasteiger partial charge in [-0.25, -0.2) is 0 Å². The van der Waals surface area contributed by atoms with E-state index >= 15 is 0 Å². The van der Waals surface area contributed by atoms with Gasteiger partial charge in [-0.05, 0) is 18.6 Å². The molecule has 1 unspecified atom stereocenters.